The van der Waals surface area contributed by atoms with Crippen LogP contribution in [-0.4, -0.2) is 55.5 Å². The molecule has 0 radical (unpaired) electrons. The number of rotatable bonds is 5. The molecule has 3 nitrogen and oxygen atoms in total. The van der Waals surface area contributed by atoms with E-state index in [1.807, 2.05) is 0 Å². The van der Waals surface area contributed by atoms with Gasteiger partial charge in [0.05, 0.1) is 6.61 Å². The lowest BCUT2D eigenvalue weighted by molar-refractivity contribution is -0.174. The van der Waals surface area contributed by atoms with Gasteiger partial charge in [-0.1, -0.05) is 6.92 Å². The van der Waals surface area contributed by atoms with Crippen LogP contribution in [0.15, 0.2) is 0 Å². The standard InChI is InChI=1S/C13H25F3N2O/c1-4-12(3)9-18(11(2)5-6-17-12)7-8-19-10-13(14,15)16/h11,17H,4-10H2,1-3H3. The maximum Gasteiger partial charge on any atom is 0.411 e. The molecule has 0 amide bonds. The summed E-state index contributed by atoms with van der Waals surface area (Å²) in [5.74, 6) is 0. The summed E-state index contributed by atoms with van der Waals surface area (Å²) >= 11 is 0. The van der Waals surface area contributed by atoms with Gasteiger partial charge in [0.2, 0.25) is 0 Å². The van der Waals surface area contributed by atoms with Crippen LogP contribution < -0.4 is 5.32 Å². The molecule has 1 rings (SSSR count). The minimum Gasteiger partial charge on any atom is -0.371 e. The fraction of sp³-hybridized carbons (Fsp3) is 1.00. The van der Waals surface area contributed by atoms with E-state index in [0.29, 0.717) is 12.6 Å². The predicted octanol–water partition coefficient (Wildman–Crippen LogP) is 2.42. The minimum atomic E-state index is -4.23. The molecule has 2 unspecified atom stereocenters. The number of hydrogen-bond donors (Lipinski definition) is 1. The van der Waals surface area contributed by atoms with Crippen molar-refractivity contribution in [1.82, 2.24) is 10.2 Å². The molecule has 1 aliphatic heterocycles. The van der Waals surface area contributed by atoms with Crippen LogP contribution in [0, 0.1) is 0 Å². The first-order valence-corrected chi connectivity index (χ1v) is 6.89. The molecule has 1 N–H and O–H groups in total. The van der Waals surface area contributed by atoms with E-state index in [1.165, 1.54) is 0 Å². The van der Waals surface area contributed by atoms with Gasteiger partial charge in [0.1, 0.15) is 6.61 Å². The van der Waals surface area contributed by atoms with Crippen molar-refractivity contribution < 1.29 is 17.9 Å². The zero-order valence-corrected chi connectivity index (χ0v) is 12.0. The molecule has 19 heavy (non-hydrogen) atoms. The SMILES string of the molecule is CCC1(C)CN(CCOCC(F)(F)F)C(C)CCN1. The first-order valence-electron chi connectivity index (χ1n) is 6.89. The maximum absolute atomic E-state index is 12.0. The monoisotopic (exact) mass is 282 g/mol. The third-order valence-electron chi connectivity index (χ3n) is 3.86. The van der Waals surface area contributed by atoms with E-state index >= 15 is 0 Å². The van der Waals surface area contributed by atoms with Crippen molar-refractivity contribution in [3.8, 4) is 0 Å². The van der Waals surface area contributed by atoms with Crippen LogP contribution in [-0.2, 0) is 4.74 Å². The number of ether oxygens (including phenoxy) is 1. The van der Waals surface area contributed by atoms with E-state index in [9.17, 15) is 13.2 Å². The molecular formula is C13H25F3N2O. The van der Waals surface area contributed by atoms with Gasteiger partial charge in [0.15, 0.2) is 0 Å². The Labute approximate surface area is 113 Å². The Morgan fingerprint density at radius 1 is 1.42 bits per heavy atom. The van der Waals surface area contributed by atoms with E-state index in [0.717, 1.165) is 25.9 Å². The average Bonchev–Trinajstić information content (AvgIpc) is 2.44. The molecule has 0 bridgehead atoms. The van der Waals surface area contributed by atoms with Gasteiger partial charge < -0.3 is 10.1 Å². The molecule has 0 aromatic rings. The molecule has 114 valence electrons. The van der Waals surface area contributed by atoms with Gasteiger partial charge in [-0.15, -0.1) is 0 Å². The van der Waals surface area contributed by atoms with E-state index in [1.54, 1.807) is 0 Å². The summed E-state index contributed by atoms with van der Waals surface area (Å²) in [4.78, 5) is 2.22. The van der Waals surface area contributed by atoms with Gasteiger partial charge in [0.25, 0.3) is 0 Å². The fourth-order valence-electron chi connectivity index (χ4n) is 2.33. The van der Waals surface area contributed by atoms with Crippen molar-refractivity contribution in [2.24, 2.45) is 0 Å². The van der Waals surface area contributed by atoms with Crippen molar-refractivity contribution in [3.05, 3.63) is 0 Å². The molecular weight excluding hydrogens is 257 g/mol. The molecule has 0 aromatic heterocycles. The first kappa shape index (κ1) is 16.7. The Kier molecular flexibility index (Phi) is 6.08. The smallest absolute Gasteiger partial charge is 0.371 e. The van der Waals surface area contributed by atoms with Crippen LogP contribution in [0.4, 0.5) is 13.2 Å². The topological polar surface area (TPSA) is 24.5 Å². The summed E-state index contributed by atoms with van der Waals surface area (Å²) in [7, 11) is 0. The quantitative estimate of drug-likeness (QED) is 0.784. The highest BCUT2D eigenvalue weighted by molar-refractivity contribution is 4.90. The Balaban J connectivity index is 2.41. The van der Waals surface area contributed by atoms with Crippen LogP contribution >= 0.6 is 0 Å². The maximum atomic E-state index is 12.0. The van der Waals surface area contributed by atoms with Crippen molar-refractivity contribution in [3.63, 3.8) is 0 Å². The molecule has 1 fully saturated rings. The number of nitrogens with one attached hydrogen (secondary N) is 1. The van der Waals surface area contributed by atoms with Gasteiger partial charge in [-0.3, -0.25) is 4.90 Å². The summed E-state index contributed by atoms with van der Waals surface area (Å²) < 4.78 is 40.7. The molecule has 0 aromatic carbocycles. The van der Waals surface area contributed by atoms with Gasteiger partial charge >= 0.3 is 6.18 Å². The Bertz CT molecular complexity index is 273. The van der Waals surface area contributed by atoms with Gasteiger partial charge in [-0.2, -0.15) is 13.2 Å². The zero-order chi connectivity index (χ0) is 14.5. The molecule has 6 heteroatoms. The first-order chi connectivity index (χ1) is 8.76. The molecule has 1 heterocycles. The summed E-state index contributed by atoms with van der Waals surface area (Å²) in [6, 6.07) is 0.371. The van der Waals surface area contributed by atoms with Crippen molar-refractivity contribution in [1.29, 1.82) is 0 Å². The van der Waals surface area contributed by atoms with Gasteiger partial charge in [-0.25, -0.2) is 0 Å². The second-order valence-electron chi connectivity index (χ2n) is 5.62. The van der Waals surface area contributed by atoms with E-state index in [-0.39, 0.29) is 12.1 Å². The lowest BCUT2D eigenvalue weighted by atomic mass is 9.98. The molecule has 1 saturated heterocycles. The molecule has 1 aliphatic rings. The van der Waals surface area contributed by atoms with Crippen molar-refractivity contribution in [2.45, 2.75) is 51.4 Å². The largest absolute Gasteiger partial charge is 0.411 e. The number of halogens is 3. The second kappa shape index (κ2) is 6.90. The highest BCUT2D eigenvalue weighted by Crippen LogP contribution is 2.19. The molecule has 0 aliphatic carbocycles. The zero-order valence-electron chi connectivity index (χ0n) is 12.0. The molecule has 2 atom stereocenters. The van der Waals surface area contributed by atoms with Crippen LogP contribution in [0.1, 0.15) is 33.6 Å². The van der Waals surface area contributed by atoms with E-state index in [4.69, 9.17) is 4.74 Å². The lowest BCUT2D eigenvalue weighted by Gasteiger charge is -2.34. The second-order valence-corrected chi connectivity index (χ2v) is 5.62. The molecule has 0 saturated carbocycles. The van der Waals surface area contributed by atoms with E-state index in [2.05, 4.69) is 31.0 Å². The summed E-state index contributed by atoms with van der Waals surface area (Å²) in [5, 5.41) is 3.52. The number of nitrogens with zero attached hydrogens (tertiary/aromatic N) is 1. The highest BCUT2D eigenvalue weighted by Gasteiger charge is 2.31. The Hall–Kier alpha value is -0.330. The lowest BCUT2D eigenvalue weighted by Crippen LogP contribution is -2.50. The van der Waals surface area contributed by atoms with Crippen LogP contribution in [0.2, 0.25) is 0 Å². The summed E-state index contributed by atoms with van der Waals surface area (Å²) in [5.41, 5.74) is 0.0365. The summed E-state index contributed by atoms with van der Waals surface area (Å²) in [6.07, 6.45) is -2.22. The number of alkyl halides is 3. The van der Waals surface area contributed by atoms with Gasteiger partial charge in [-0.05, 0) is 33.2 Å². The van der Waals surface area contributed by atoms with Crippen LogP contribution in [0.25, 0.3) is 0 Å². The Morgan fingerprint density at radius 3 is 2.68 bits per heavy atom. The van der Waals surface area contributed by atoms with E-state index < -0.39 is 12.8 Å². The molecule has 0 spiro atoms. The van der Waals surface area contributed by atoms with Gasteiger partial charge in [0, 0.05) is 24.7 Å². The normalized spacial score (nSPS) is 30.3. The summed E-state index contributed by atoms with van der Waals surface area (Å²) in [6.45, 7) is 7.73. The minimum absolute atomic E-state index is 0.0365. The third kappa shape index (κ3) is 6.10. The van der Waals surface area contributed by atoms with Crippen molar-refractivity contribution >= 4 is 0 Å². The number of hydrogen-bond acceptors (Lipinski definition) is 3. The van der Waals surface area contributed by atoms with Crippen molar-refractivity contribution in [2.75, 3.05) is 32.8 Å². The average molecular weight is 282 g/mol. The van der Waals surface area contributed by atoms with Crippen LogP contribution in [0.5, 0.6) is 0 Å². The van der Waals surface area contributed by atoms with Crippen LogP contribution in [0.3, 0.4) is 0 Å². The Morgan fingerprint density at radius 2 is 2.11 bits per heavy atom. The highest BCUT2D eigenvalue weighted by atomic mass is 19.4. The predicted molar refractivity (Wildman–Crippen MR) is 69.2 cm³/mol. The fourth-order valence-corrected chi connectivity index (χ4v) is 2.33. The third-order valence-corrected chi connectivity index (χ3v) is 3.86.